The van der Waals surface area contributed by atoms with Crippen LogP contribution in [0.3, 0.4) is 0 Å². The van der Waals surface area contributed by atoms with Crippen molar-refractivity contribution >= 4 is 11.7 Å². The molecule has 0 radical (unpaired) electrons. The molecule has 1 aromatic carbocycles. The fourth-order valence-corrected chi connectivity index (χ4v) is 1.51. The number of amidine groups is 1. The molecule has 1 atom stereocenters. The molecule has 0 fully saturated rings. The molecule has 1 rings (SSSR count). The number of nitrogens with zero attached hydrogens (tertiary/aromatic N) is 1. The van der Waals surface area contributed by atoms with Crippen LogP contribution in [0.1, 0.15) is 30.1 Å². The lowest BCUT2D eigenvalue weighted by Crippen LogP contribution is -2.44. The van der Waals surface area contributed by atoms with Crippen molar-refractivity contribution < 1.29 is 15.1 Å². The molecule has 18 heavy (non-hydrogen) atoms. The van der Waals surface area contributed by atoms with Gasteiger partial charge in [0.1, 0.15) is 5.75 Å². The number of nitrogens with two attached hydrogens (primary N) is 1. The fourth-order valence-electron chi connectivity index (χ4n) is 1.51. The van der Waals surface area contributed by atoms with E-state index in [9.17, 15) is 4.79 Å². The van der Waals surface area contributed by atoms with E-state index in [-0.39, 0.29) is 17.5 Å². The van der Waals surface area contributed by atoms with Crippen molar-refractivity contribution in [3.63, 3.8) is 0 Å². The van der Waals surface area contributed by atoms with Gasteiger partial charge in [0.25, 0.3) is 5.91 Å². The largest absolute Gasteiger partial charge is 0.508 e. The predicted octanol–water partition coefficient (Wildman–Crippen LogP) is 1.04. The topological polar surface area (TPSA) is 108 Å². The third kappa shape index (κ3) is 3.65. The van der Waals surface area contributed by atoms with E-state index in [0.29, 0.717) is 12.0 Å². The van der Waals surface area contributed by atoms with Crippen molar-refractivity contribution in [2.24, 2.45) is 10.9 Å². The first-order chi connectivity index (χ1) is 8.58. The van der Waals surface area contributed by atoms with Gasteiger partial charge in [0.2, 0.25) is 0 Å². The predicted molar refractivity (Wildman–Crippen MR) is 67.7 cm³/mol. The molecular weight excluding hydrogens is 234 g/mol. The molecule has 0 aliphatic carbocycles. The van der Waals surface area contributed by atoms with Gasteiger partial charge in [-0.25, -0.2) is 0 Å². The number of hydrogen-bond acceptors (Lipinski definition) is 4. The van der Waals surface area contributed by atoms with E-state index in [1.165, 1.54) is 24.3 Å². The van der Waals surface area contributed by atoms with Crippen LogP contribution in [0.15, 0.2) is 29.4 Å². The second kappa shape index (κ2) is 6.48. The number of benzene rings is 1. The Balaban J connectivity index is 2.75. The van der Waals surface area contributed by atoms with E-state index >= 15 is 0 Å². The minimum atomic E-state index is -0.499. The first-order valence-corrected chi connectivity index (χ1v) is 5.65. The Labute approximate surface area is 105 Å². The molecule has 0 aliphatic heterocycles. The Hall–Kier alpha value is -2.24. The highest BCUT2D eigenvalue weighted by Crippen LogP contribution is 2.10. The number of nitrogens with one attached hydrogen (secondary N) is 1. The van der Waals surface area contributed by atoms with Crippen molar-refractivity contribution in [1.29, 1.82) is 0 Å². The van der Waals surface area contributed by atoms with Gasteiger partial charge in [-0.15, -0.1) is 0 Å². The van der Waals surface area contributed by atoms with Gasteiger partial charge in [-0.1, -0.05) is 18.5 Å². The van der Waals surface area contributed by atoms with Crippen molar-refractivity contribution in [1.82, 2.24) is 5.32 Å². The lowest BCUT2D eigenvalue weighted by atomic mass is 10.1. The van der Waals surface area contributed by atoms with Crippen LogP contribution in [-0.4, -0.2) is 28.1 Å². The Kier molecular flexibility index (Phi) is 4.98. The van der Waals surface area contributed by atoms with Crippen LogP contribution in [-0.2, 0) is 0 Å². The molecule has 0 aromatic heterocycles. The van der Waals surface area contributed by atoms with Crippen molar-refractivity contribution in [3.05, 3.63) is 29.8 Å². The van der Waals surface area contributed by atoms with E-state index in [4.69, 9.17) is 16.0 Å². The zero-order chi connectivity index (χ0) is 13.5. The van der Waals surface area contributed by atoms with Gasteiger partial charge in [0, 0.05) is 5.56 Å². The summed E-state index contributed by atoms with van der Waals surface area (Å²) >= 11 is 0. The normalized spacial score (nSPS) is 13.1. The first kappa shape index (κ1) is 13.8. The number of hydrogen-bond donors (Lipinski definition) is 4. The molecule has 5 N–H and O–H groups in total. The van der Waals surface area contributed by atoms with Crippen molar-refractivity contribution in [3.8, 4) is 5.75 Å². The van der Waals surface area contributed by atoms with Gasteiger partial charge in [-0.3, -0.25) is 4.79 Å². The Bertz CT molecular complexity index is 429. The molecule has 0 saturated carbocycles. The molecule has 1 unspecified atom stereocenters. The van der Waals surface area contributed by atoms with Crippen LogP contribution in [0, 0.1) is 0 Å². The van der Waals surface area contributed by atoms with Crippen molar-refractivity contribution in [2.75, 3.05) is 0 Å². The number of phenolic OH excluding ortho intramolecular Hbond substituents is 1. The minimum Gasteiger partial charge on any atom is -0.508 e. The number of amides is 1. The number of oxime groups is 1. The van der Waals surface area contributed by atoms with Gasteiger partial charge in [-0.2, -0.15) is 0 Å². The molecule has 0 saturated heterocycles. The number of phenols is 1. The monoisotopic (exact) mass is 251 g/mol. The van der Waals surface area contributed by atoms with E-state index in [0.717, 1.165) is 6.42 Å². The standard InChI is InChI=1S/C12H17N3O3/c1-2-3-10(11(13)15-18)14-12(17)8-4-6-9(16)7-5-8/h4-7,10,16,18H,2-3H2,1H3,(H2,13,15)(H,14,17). The summed E-state index contributed by atoms with van der Waals surface area (Å²) < 4.78 is 0. The molecular formula is C12H17N3O3. The van der Waals surface area contributed by atoms with Gasteiger partial charge in [-0.05, 0) is 30.7 Å². The van der Waals surface area contributed by atoms with Gasteiger partial charge < -0.3 is 21.4 Å². The number of aromatic hydroxyl groups is 1. The summed E-state index contributed by atoms with van der Waals surface area (Å²) in [5, 5.41) is 23.3. The highest BCUT2D eigenvalue weighted by molar-refractivity contribution is 5.98. The number of carbonyl (C=O) groups is 1. The SMILES string of the molecule is CCCC(NC(=O)c1ccc(O)cc1)/C(N)=N/O. The average Bonchev–Trinajstić information content (AvgIpc) is 2.38. The molecule has 6 nitrogen and oxygen atoms in total. The van der Waals surface area contributed by atoms with E-state index < -0.39 is 6.04 Å². The Morgan fingerprint density at radius 1 is 1.44 bits per heavy atom. The quantitative estimate of drug-likeness (QED) is 0.271. The maximum absolute atomic E-state index is 11.9. The molecule has 0 heterocycles. The van der Waals surface area contributed by atoms with Gasteiger partial charge >= 0.3 is 0 Å². The van der Waals surface area contributed by atoms with Crippen LogP contribution >= 0.6 is 0 Å². The zero-order valence-corrected chi connectivity index (χ0v) is 10.1. The second-order valence-corrected chi connectivity index (χ2v) is 3.89. The van der Waals surface area contributed by atoms with Gasteiger partial charge in [0.15, 0.2) is 5.84 Å². The summed E-state index contributed by atoms with van der Waals surface area (Å²) in [5.74, 6) is -0.267. The average molecular weight is 251 g/mol. The summed E-state index contributed by atoms with van der Waals surface area (Å²) in [7, 11) is 0. The summed E-state index contributed by atoms with van der Waals surface area (Å²) in [6.45, 7) is 1.93. The van der Waals surface area contributed by atoms with E-state index in [2.05, 4.69) is 10.5 Å². The van der Waals surface area contributed by atoms with E-state index in [1.807, 2.05) is 6.92 Å². The lowest BCUT2D eigenvalue weighted by Gasteiger charge is -2.16. The van der Waals surface area contributed by atoms with Crippen LogP contribution in [0.25, 0.3) is 0 Å². The second-order valence-electron chi connectivity index (χ2n) is 3.89. The molecule has 0 bridgehead atoms. The zero-order valence-electron chi connectivity index (χ0n) is 10.1. The van der Waals surface area contributed by atoms with Crippen molar-refractivity contribution in [2.45, 2.75) is 25.8 Å². The highest BCUT2D eigenvalue weighted by atomic mass is 16.4. The molecule has 1 amide bonds. The third-order valence-electron chi connectivity index (χ3n) is 2.48. The molecule has 0 spiro atoms. The maximum atomic E-state index is 11.9. The highest BCUT2D eigenvalue weighted by Gasteiger charge is 2.16. The van der Waals surface area contributed by atoms with Gasteiger partial charge in [0.05, 0.1) is 6.04 Å². The lowest BCUT2D eigenvalue weighted by molar-refractivity contribution is 0.0945. The van der Waals surface area contributed by atoms with Crippen LogP contribution in [0.2, 0.25) is 0 Å². The number of carbonyl (C=O) groups excluding carboxylic acids is 1. The van der Waals surface area contributed by atoms with Crippen LogP contribution in [0.5, 0.6) is 5.75 Å². The molecule has 6 heteroatoms. The Morgan fingerprint density at radius 3 is 2.56 bits per heavy atom. The fraction of sp³-hybridized carbons (Fsp3) is 0.333. The first-order valence-electron chi connectivity index (χ1n) is 5.65. The smallest absolute Gasteiger partial charge is 0.251 e. The molecule has 98 valence electrons. The minimum absolute atomic E-state index is 0.0241. The van der Waals surface area contributed by atoms with E-state index in [1.54, 1.807) is 0 Å². The maximum Gasteiger partial charge on any atom is 0.251 e. The molecule has 0 aliphatic rings. The third-order valence-corrected chi connectivity index (χ3v) is 2.48. The number of rotatable bonds is 5. The summed E-state index contributed by atoms with van der Waals surface area (Å²) in [6.07, 6.45) is 1.37. The van der Waals surface area contributed by atoms with Crippen LogP contribution < -0.4 is 11.1 Å². The summed E-state index contributed by atoms with van der Waals surface area (Å²) in [5.41, 5.74) is 5.90. The van der Waals surface area contributed by atoms with Crippen LogP contribution in [0.4, 0.5) is 0 Å². The molecule has 1 aromatic rings. The Morgan fingerprint density at radius 2 is 2.06 bits per heavy atom. The summed E-state index contributed by atoms with van der Waals surface area (Å²) in [4.78, 5) is 11.9. The summed E-state index contributed by atoms with van der Waals surface area (Å²) in [6, 6.07) is 5.35.